The van der Waals surface area contributed by atoms with Gasteiger partial charge in [0.05, 0.1) is 26.7 Å². The summed E-state index contributed by atoms with van der Waals surface area (Å²) in [5.41, 5.74) is 0.558. The van der Waals surface area contributed by atoms with E-state index in [1.807, 2.05) is 0 Å². The molecule has 0 bridgehead atoms. The second-order valence-corrected chi connectivity index (χ2v) is 4.64. The highest BCUT2D eigenvalue weighted by Gasteiger charge is 2.24. The summed E-state index contributed by atoms with van der Waals surface area (Å²) in [6, 6.07) is 4.25. The summed E-state index contributed by atoms with van der Waals surface area (Å²) in [5.74, 6) is -0.415. The Kier molecular flexibility index (Phi) is 6.65. The van der Waals surface area contributed by atoms with Gasteiger partial charge < -0.3 is 24.6 Å². The van der Waals surface area contributed by atoms with Gasteiger partial charge >= 0.3 is 5.97 Å². The summed E-state index contributed by atoms with van der Waals surface area (Å²) in [6.45, 7) is 1.58. The topological polar surface area (TPSA) is 94.1 Å². The maximum absolute atomic E-state index is 12.0. The Balaban J connectivity index is 3.10. The van der Waals surface area contributed by atoms with Crippen molar-refractivity contribution in [1.29, 1.82) is 0 Å². The average molecular weight is 311 g/mol. The van der Waals surface area contributed by atoms with Crippen molar-refractivity contribution < 1.29 is 28.9 Å². The highest BCUT2D eigenvalue weighted by Crippen LogP contribution is 2.31. The molecule has 2 N–H and O–H groups in total. The van der Waals surface area contributed by atoms with Gasteiger partial charge in [-0.25, -0.2) is 0 Å². The Morgan fingerprint density at radius 3 is 2.41 bits per heavy atom. The van der Waals surface area contributed by atoms with Gasteiger partial charge in [-0.2, -0.15) is 0 Å². The molecule has 0 spiro atoms. The molecule has 0 aliphatic heterocycles. The van der Waals surface area contributed by atoms with Crippen molar-refractivity contribution in [3.8, 4) is 11.5 Å². The van der Waals surface area contributed by atoms with Gasteiger partial charge in [0.25, 0.3) is 0 Å². The second kappa shape index (κ2) is 8.23. The highest BCUT2D eigenvalue weighted by molar-refractivity contribution is 5.81. The van der Waals surface area contributed by atoms with Gasteiger partial charge in [0.2, 0.25) is 5.91 Å². The summed E-state index contributed by atoms with van der Waals surface area (Å²) in [7, 11) is 4.39. The van der Waals surface area contributed by atoms with E-state index in [0.29, 0.717) is 17.1 Å². The van der Waals surface area contributed by atoms with Crippen molar-refractivity contribution in [2.45, 2.75) is 25.5 Å². The molecule has 0 heterocycles. The fourth-order valence-electron chi connectivity index (χ4n) is 1.92. The maximum atomic E-state index is 12.0. The first-order chi connectivity index (χ1) is 10.4. The minimum absolute atomic E-state index is 0.273. The number of carboxylic acids is 1. The number of aliphatic carboxylic acids is 1. The van der Waals surface area contributed by atoms with Crippen LogP contribution in [0.25, 0.3) is 0 Å². The lowest BCUT2D eigenvalue weighted by Gasteiger charge is -2.22. The third-order valence-electron chi connectivity index (χ3n) is 3.23. The lowest BCUT2D eigenvalue weighted by molar-refractivity contribution is -0.138. The van der Waals surface area contributed by atoms with Crippen molar-refractivity contribution in [3.63, 3.8) is 0 Å². The predicted octanol–water partition coefficient (Wildman–Crippen LogP) is 1.37. The Labute approximate surface area is 129 Å². The quantitative estimate of drug-likeness (QED) is 0.753. The molecule has 2 atom stereocenters. The fraction of sp³-hybridized carbons (Fsp3) is 0.467. The average Bonchev–Trinajstić information content (AvgIpc) is 2.52. The molecule has 1 rings (SSSR count). The van der Waals surface area contributed by atoms with Crippen LogP contribution in [0.1, 0.15) is 24.9 Å². The predicted molar refractivity (Wildman–Crippen MR) is 79.2 cm³/mol. The van der Waals surface area contributed by atoms with E-state index in [9.17, 15) is 9.59 Å². The summed E-state index contributed by atoms with van der Waals surface area (Å²) in [4.78, 5) is 23.0. The Morgan fingerprint density at radius 2 is 1.91 bits per heavy atom. The molecule has 7 heteroatoms. The van der Waals surface area contributed by atoms with Gasteiger partial charge in [-0.05, 0) is 19.1 Å². The number of carbonyl (C=O) groups excluding carboxylic acids is 1. The number of carboxylic acid groups (broad SMARTS) is 1. The van der Waals surface area contributed by atoms with Crippen LogP contribution in [0, 0.1) is 0 Å². The van der Waals surface area contributed by atoms with Gasteiger partial charge in [0.15, 0.2) is 0 Å². The van der Waals surface area contributed by atoms with Crippen LogP contribution in [0.15, 0.2) is 18.2 Å². The van der Waals surface area contributed by atoms with Crippen LogP contribution < -0.4 is 14.8 Å². The summed E-state index contributed by atoms with van der Waals surface area (Å²) in [5, 5.41) is 11.7. The van der Waals surface area contributed by atoms with Crippen LogP contribution in [0.4, 0.5) is 0 Å². The molecule has 1 aromatic rings. The van der Waals surface area contributed by atoms with Gasteiger partial charge in [0, 0.05) is 18.7 Å². The van der Waals surface area contributed by atoms with E-state index in [1.54, 1.807) is 25.1 Å². The van der Waals surface area contributed by atoms with E-state index in [1.165, 1.54) is 21.3 Å². The number of carbonyl (C=O) groups is 2. The first kappa shape index (κ1) is 17.8. The van der Waals surface area contributed by atoms with Crippen LogP contribution >= 0.6 is 0 Å². The third-order valence-corrected chi connectivity index (χ3v) is 3.23. The molecule has 0 aromatic heterocycles. The molecule has 0 saturated carbocycles. The molecular weight excluding hydrogens is 290 g/mol. The van der Waals surface area contributed by atoms with Crippen molar-refractivity contribution in [3.05, 3.63) is 23.8 Å². The van der Waals surface area contributed by atoms with Gasteiger partial charge in [-0.1, -0.05) is 0 Å². The maximum Gasteiger partial charge on any atom is 0.305 e. The van der Waals surface area contributed by atoms with E-state index in [2.05, 4.69) is 5.32 Å². The van der Waals surface area contributed by atoms with Crippen molar-refractivity contribution in [2.24, 2.45) is 0 Å². The standard InChI is InChI=1S/C15H21NO6/c1-9(20-2)15(19)16-12(8-14(17)18)11-6-5-10(21-3)7-13(11)22-4/h5-7,9,12H,8H2,1-4H3,(H,16,19)(H,17,18). The molecule has 7 nitrogen and oxygen atoms in total. The van der Waals surface area contributed by atoms with Crippen LogP contribution in [-0.2, 0) is 14.3 Å². The van der Waals surface area contributed by atoms with Crippen molar-refractivity contribution in [2.75, 3.05) is 21.3 Å². The van der Waals surface area contributed by atoms with Gasteiger partial charge in [0.1, 0.15) is 17.6 Å². The first-order valence-electron chi connectivity index (χ1n) is 6.69. The summed E-state index contributed by atoms with van der Waals surface area (Å²) < 4.78 is 15.3. The molecule has 1 aromatic carbocycles. The molecule has 0 aliphatic carbocycles. The monoisotopic (exact) mass is 311 g/mol. The highest BCUT2D eigenvalue weighted by atomic mass is 16.5. The van der Waals surface area contributed by atoms with Crippen LogP contribution in [0.2, 0.25) is 0 Å². The van der Waals surface area contributed by atoms with E-state index in [4.69, 9.17) is 19.3 Å². The molecular formula is C15H21NO6. The number of methoxy groups -OCH3 is 3. The molecule has 1 amide bonds. The number of hydrogen-bond acceptors (Lipinski definition) is 5. The third kappa shape index (κ3) is 4.63. The van der Waals surface area contributed by atoms with Gasteiger partial charge in [-0.15, -0.1) is 0 Å². The Morgan fingerprint density at radius 1 is 1.23 bits per heavy atom. The molecule has 0 saturated heterocycles. The molecule has 0 fully saturated rings. The Hall–Kier alpha value is -2.28. The molecule has 0 aliphatic rings. The number of hydrogen-bond donors (Lipinski definition) is 2. The zero-order valence-corrected chi connectivity index (χ0v) is 13.1. The van der Waals surface area contributed by atoms with Crippen LogP contribution in [0.5, 0.6) is 11.5 Å². The number of amides is 1. The lowest BCUT2D eigenvalue weighted by atomic mass is 10.0. The van der Waals surface area contributed by atoms with Crippen LogP contribution in [-0.4, -0.2) is 44.4 Å². The van der Waals surface area contributed by atoms with E-state index < -0.39 is 24.0 Å². The number of ether oxygens (including phenoxy) is 3. The molecule has 22 heavy (non-hydrogen) atoms. The first-order valence-corrected chi connectivity index (χ1v) is 6.69. The number of rotatable bonds is 8. The molecule has 2 unspecified atom stereocenters. The van der Waals surface area contributed by atoms with Crippen LogP contribution in [0.3, 0.4) is 0 Å². The minimum atomic E-state index is -1.03. The largest absolute Gasteiger partial charge is 0.497 e. The zero-order chi connectivity index (χ0) is 16.7. The summed E-state index contributed by atoms with van der Waals surface area (Å²) in [6.07, 6.45) is -0.953. The molecule has 122 valence electrons. The zero-order valence-electron chi connectivity index (χ0n) is 13.1. The number of benzene rings is 1. The van der Waals surface area contributed by atoms with E-state index in [-0.39, 0.29) is 6.42 Å². The smallest absolute Gasteiger partial charge is 0.305 e. The lowest BCUT2D eigenvalue weighted by Crippen LogP contribution is -2.37. The summed E-state index contributed by atoms with van der Waals surface area (Å²) >= 11 is 0. The van der Waals surface area contributed by atoms with E-state index in [0.717, 1.165) is 0 Å². The van der Waals surface area contributed by atoms with E-state index >= 15 is 0 Å². The SMILES string of the molecule is COc1ccc(C(CC(=O)O)NC(=O)C(C)OC)c(OC)c1. The minimum Gasteiger partial charge on any atom is -0.497 e. The van der Waals surface area contributed by atoms with Gasteiger partial charge in [-0.3, -0.25) is 9.59 Å². The normalized spacial score (nSPS) is 13.1. The van der Waals surface area contributed by atoms with Crippen molar-refractivity contribution in [1.82, 2.24) is 5.32 Å². The number of nitrogens with one attached hydrogen (secondary N) is 1. The van der Waals surface area contributed by atoms with Crippen molar-refractivity contribution >= 4 is 11.9 Å². The second-order valence-electron chi connectivity index (χ2n) is 4.64. The molecule has 0 radical (unpaired) electrons. The fourth-order valence-corrected chi connectivity index (χ4v) is 1.92. The Bertz CT molecular complexity index is 531.